The van der Waals surface area contributed by atoms with Crippen LogP contribution in [-0.4, -0.2) is 29.2 Å². The SMILES string of the molecule is CC1=N[C@H](CC(C)C)C(=O)Nc2cc(C(=O)OC(C)(C)C)ccc21. The van der Waals surface area contributed by atoms with Crippen LogP contribution in [0.3, 0.4) is 0 Å². The summed E-state index contributed by atoms with van der Waals surface area (Å²) in [6.07, 6.45) is 0.691. The Labute approximate surface area is 143 Å². The van der Waals surface area contributed by atoms with Gasteiger partial charge in [-0.1, -0.05) is 19.9 Å². The number of benzodiazepines with no additional fused rings is 1. The molecule has 0 bridgehead atoms. The van der Waals surface area contributed by atoms with Gasteiger partial charge in [-0.05, 0) is 52.2 Å². The Morgan fingerprint density at radius 2 is 2.00 bits per heavy atom. The first-order chi connectivity index (χ1) is 11.1. The molecule has 1 aromatic carbocycles. The summed E-state index contributed by atoms with van der Waals surface area (Å²) in [4.78, 5) is 29.2. The summed E-state index contributed by atoms with van der Waals surface area (Å²) in [5, 5.41) is 2.91. The van der Waals surface area contributed by atoms with Gasteiger partial charge in [-0.25, -0.2) is 4.79 Å². The second kappa shape index (κ2) is 6.75. The van der Waals surface area contributed by atoms with Crippen LogP contribution < -0.4 is 5.32 Å². The van der Waals surface area contributed by atoms with Gasteiger partial charge in [0.15, 0.2) is 0 Å². The van der Waals surface area contributed by atoms with Crippen LogP contribution in [0.25, 0.3) is 0 Å². The van der Waals surface area contributed by atoms with Gasteiger partial charge in [0.1, 0.15) is 11.6 Å². The standard InChI is InChI=1S/C19H26N2O3/c1-11(2)9-16-17(22)21-15-10-13(18(23)24-19(4,5)6)7-8-14(15)12(3)20-16/h7-8,10-11,16H,9H2,1-6H3,(H,21,22)/t16-/m1/s1. The van der Waals surface area contributed by atoms with E-state index in [1.165, 1.54) is 0 Å². The number of hydrogen-bond donors (Lipinski definition) is 1. The van der Waals surface area contributed by atoms with Crippen molar-refractivity contribution in [2.24, 2.45) is 10.9 Å². The molecular formula is C19H26N2O3. The van der Waals surface area contributed by atoms with Crippen LogP contribution in [0.5, 0.6) is 0 Å². The number of ether oxygens (including phenoxy) is 1. The largest absolute Gasteiger partial charge is 0.456 e. The van der Waals surface area contributed by atoms with E-state index < -0.39 is 17.6 Å². The Hall–Kier alpha value is -2.17. The van der Waals surface area contributed by atoms with Crippen LogP contribution in [0.1, 0.15) is 63.9 Å². The number of carbonyl (C=O) groups excluding carboxylic acids is 2. The molecule has 5 heteroatoms. The smallest absolute Gasteiger partial charge is 0.338 e. The molecule has 0 aliphatic carbocycles. The highest BCUT2D eigenvalue weighted by atomic mass is 16.6. The summed E-state index contributed by atoms with van der Waals surface area (Å²) in [7, 11) is 0. The predicted octanol–water partition coefficient (Wildman–Crippen LogP) is 3.82. The van der Waals surface area contributed by atoms with Gasteiger partial charge in [0.05, 0.1) is 11.3 Å². The van der Waals surface area contributed by atoms with Crippen LogP contribution >= 0.6 is 0 Å². The molecule has 0 radical (unpaired) electrons. The van der Waals surface area contributed by atoms with E-state index >= 15 is 0 Å². The molecule has 1 N–H and O–H groups in total. The zero-order valence-corrected chi connectivity index (χ0v) is 15.3. The minimum absolute atomic E-state index is 0.136. The van der Waals surface area contributed by atoms with Crippen molar-refractivity contribution < 1.29 is 14.3 Å². The second-order valence-electron chi connectivity index (χ2n) is 7.61. The summed E-state index contributed by atoms with van der Waals surface area (Å²) in [5.41, 5.74) is 2.09. The number of nitrogens with one attached hydrogen (secondary N) is 1. The number of benzene rings is 1. The lowest BCUT2D eigenvalue weighted by Crippen LogP contribution is -2.27. The Bertz CT molecular complexity index is 684. The van der Waals surface area contributed by atoms with Crippen molar-refractivity contribution >= 4 is 23.3 Å². The number of amides is 1. The fraction of sp³-hybridized carbons (Fsp3) is 0.526. The van der Waals surface area contributed by atoms with Crippen molar-refractivity contribution in [1.29, 1.82) is 0 Å². The number of hydrogen-bond acceptors (Lipinski definition) is 4. The van der Waals surface area contributed by atoms with Crippen LogP contribution in [0.4, 0.5) is 5.69 Å². The normalized spacial score (nSPS) is 17.7. The molecule has 1 aliphatic rings. The molecule has 0 aromatic heterocycles. The summed E-state index contributed by atoms with van der Waals surface area (Å²) < 4.78 is 5.39. The number of esters is 1. The summed E-state index contributed by atoms with van der Waals surface area (Å²) in [6, 6.07) is 4.78. The lowest BCUT2D eigenvalue weighted by atomic mass is 10.0. The predicted molar refractivity (Wildman–Crippen MR) is 95.7 cm³/mol. The molecule has 1 aliphatic heterocycles. The topological polar surface area (TPSA) is 67.8 Å². The maximum Gasteiger partial charge on any atom is 0.338 e. The zero-order chi connectivity index (χ0) is 18.1. The molecule has 1 atom stereocenters. The van der Waals surface area contributed by atoms with Crippen molar-refractivity contribution in [2.45, 2.75) is 59.6 Å². The lowest BCUT2D eigenvalue weighted by Gasteiger charge is -2.20. The number of fused-ring (bicyclic) bond motifs is 1. The Morgan fingerprint density at radius 3 is 2.58 bits per heavy atom. The summed E-state index contributed by atoms with van der Waals surface area (Å²) in [5.74, 6) is -0.170. The van der Waals surface area contributed by atoms with E-state index in [-0.39, 0.29) is 5.91 Å². The van der Waals surface area contributed by atoms with Gasteiger partial charge < -0.3 is 10.1 Å². The van der Waals surface area contributed by atoms with Crippen LogP contribution in [-0.2, 0) is 9.53 Å². The van der Waals surface area contributed by atoms with E-state index in [2.05, 4.69) is 24.2 Å². The highest BCUT2D eigenvalue weighted by Crippen LogP contribution is 2.25. The fourth-order valence-corrected chi connectivity index (χ4v) is 2.61. The lowest BCUT2D eigenvalue weighted by molar-refractivity contribution is -0.117. The highest BCUT2D eigenvalue weighted by molar-refractivity contribution is 6.11. The van der Waals surface area contributed by atoms with Gasteiger partial charge in [0.25, 0.3) is 0 Å². The number of aliphatic imine (C=N–C) groups is 1. The third-order valence-corrected chi connectivity index (χ3v) is 3.65. The van der Waals surface area contributed by atoms with Crippen molar-refractivity contribution in [2.75, 3.05) is 5.32 Å². The molecule has 24 heavy (non-hydrogen) atoms. The molecule has 1 amide bonds. The van der Waals surface area contributed by atoms with E-state index in [9.17, 15) is 9.59 Å². The van der Waals surface area contributed by atoms with Crippen molar-refractivity contribution in [1.82, 2.24) is 0 Å². The number of rotatable bonds is 3. The number of nitrogens with zero attached hydrogens (tertiary/aromatic N) is 1. The summed E-state index contributed by atoms with van der Waals surface area (Å²) >= 11 is 0. The molecule has 0 saturated heterocycles. The van der Waals surface area contributed by atoms with Crippen LogP contribution in [0.15, 0.2) is 23.2 Å². The minimum Gasteiger partial charge on any atom is -0.456 e. The highest BCUT2D eigenvalue weighted by Gasteiger charge is 2.25. The van der Waals surface area contributed by atoms with Gasteiger partial charge in [0.2, 0.25) is 5.91 Å². The number of carbonyl (C=O) groups is 2. The molecule has 1 aromatic rings. The van der Waals surface area contributed by atoms with Crippen LogP contribution in [0.2, 0.25) is 0 Å². The van der Waals surface area contributed by atoms with E-state index in [4.69, 9.17) is 4.74 Å². The van der Waals surface area contributed by atoms with Gasteiger partial charge in [0, 0.05) is 11.3 Å². The molecule has 1 heterocycles. The quantitative estimate of drug-likeness (QED) is 0.857. The van der Waals surface area contributed by atoms with E-state index in [0.717, 1.165) is 11.3 Å². The van der Waals surface area contributed by atoms with Crippen molar-refractivity contribution in [3.63, 3.8) is 0 Å². The van der Waals surface area contributed by atoms with Crippen molar-refractivity contribution in [3.05, 3.63) is 29.3 Å². The first kappa shape index (κ1) is 18.2. The average molecular weight is 330 g/mol. The van der Waals surface area contributed by atoms with Gasteiger partial charge in [-0.2, -0.15) is 0 Å². The average Bonchev–Trinajstić information content (AvgIpc) is 2.54. The molecule has 0 saturated carbocycles. The first-order valence-corrected chi connectivity index (χ1v) is 8.30. The van der Waals surface area contributed by atoms with Crippen LogP contribution in [0, 0.1) is 5.92 Å². The molecule has 0 fully saturated rings. The monoisotopic (exact) mass is 330 g/mol. The van der Waals surface area contributed by atoms with Gasteiger partial charge >= 0.3 is 5.97 Å². The van der Waals surface area contributed by atoms with Crippen molar-refractivity contribution in [3.8, 4) is 0 Å². The van der Waals surface area contributed by atoms with E-state index in [1.54, 1.807) is 12.1 Å². The van der Waals surface area contributed by atoms with E-state index in [0.29, 0.717) is 23.6 Å². The molecule has 0 spiro atoms. The Kier molecular flexibility index (Phi) is 5.11. The maximum atomic E-state index is 12.4. The Morgan fingerprint density at radius 1 is 1.33 bits per heavy atom. The second-order valence-corrected chi connectivity index (χ2v) is 7.61. The summed E-state index contributed by atoms with van der Waals surface area (Å²) in [6.45, 7) is 11.5. The minimum atomic E-state index is -0.563. The van der Waals surface area contributed by atoms with E-state index in [1.807, 2.05) is 33.8 Å². The zero-order valence-electron chi connectivity index (χ0n) is 15.3. The molecular weight excluding hydrogens is 304 g/mol. The number of anilines is 1. The first-order valence-electron chi connectivity index (χ1n) is 8.30. The third kappa shape index (κ3) is 4.43. The molecule has 0 unspecified atom stereocenters. The van der Waals surface area contributed by atoms with Gasteiger partial charge in [-0.15, -0.1) is 0 Å². The molecule has 2 rings (SSSR count). The maximum absolute atomic E-state index is 12.4. The fourth-order valence-electron chi connectivity index (χ4n) is 2.61. The van der Waals surface area contributed by atoms with Gasteiger partial charge in [-0.3, -0.25) is 9.79 Å². The third-order valence-electron chi connectivity index (χ3n) is 3.65. The Balaban J connectivity index is 2.32. The molecule has 130 valence electrons. The molecule has 5 nitrogen and oxygen atoms in total.